The Balaban J connectivity index is 1.61. The Morgan fingerprint density at radius 3 is 2.21 bits per heavy atom. The highest BCUT2D eigenvalue weighted by Crippen LogP contribution is 2.24. The number of para-hydroxylation sites is 2. The molecule has 0 saturated carbocycles. The highest BCUT2D eigenvalue weighted by Gasteiger charge is 2.35. The van der Waals surface area contributed by atoms with Crippen LogP contribution in [0.2, 0.25) is 0 Å². The molecule has 0 spiro atoms. The summed E-state index contributed by atoms with van der Waals surface area (Å²) in [5.74, 6) is -0.684. The maximum atomic E-state index is 12.7. The Morgan fingerprint density at radius 2 is 1.61 bits per heavy atom. The van der Waals surface area contributed by atoms with Gasteiger partial charge in [0.05, 0.1) is 17.5 Å². The molecule has 1 heterocycles. The van der Waals surface area contributed by atoms with Crippen molar-refractivity contribution in [1.29, 1.82) is 0 Å². The lowest BCUT2D eigenvalue weighted by molar-refractivity contribution is -0.149. The molecule has 1 atom stereocenters. The first-order valence-corrected chi connectivity index (χ1v) is 10.7. The smallest absolute Gasteiger partial charge is 0.344 e. The van der Waals surface area contributed by atoms with Crippen molar-refractivity contribution in [3.8, 4) is 5.75 Å². The third-order valence-electron chi connectivity index (χ3n) is 4.33. The van der Waals surface area contributed by atoms with Gasteiger partial charge in [-0.1, -0.05) is 36.4 Å². The average Bonchev–Trinajstić information content (AvgIpc) is 3.06. The molecule has 0 radical (unpaired) electrons. The molecule has 1 fully saturated rings. The summed E-state index contributed by atoms with van der Waals surface area (Å²) in [5.41, 5.74) is 0.575. The zero-order valence-corrected chi connectivity index (χ0v) is 16.0. The van der Waals surface area contributed by atoms with Crippen LogP contribution in [-0.2, 0) is 24.2 Å². The van der Waals surface area contributed by atoms with Crippen molar-refractivity contribution < 1.29 is 27.5 Å². The molecule has 0 bridgehead atoms. The molecule has 8 heteroatoms. The van der Waals surface area contributed by atoms with Crippen LogP contribution in [0.4, 0.5) is 5.69 Å². The molecule has 2 aromatic carbocycles. The molecular weight excluding hydrogens is 382 g/mol. The fourth-order valence-electron chi connectivity index (χ4n) is 3.04. The largest absolute Gasteiger partial charge is 0.482 e. The van der Waals surface area contributed by atoms with E-state index >= 15 is 0 Å². The SMILES string of the molecule is O=C(COc1ccccc1)OCC(=O)N(c1ccccc1)[C@H]1CCS(=O)(=O)C1. The van der Waals surface area contributed by atoms with Crippen LogP contribution in [0.25, 0.3) is 0 Å². The van der Waals surface area contributed by atoms with E-state index in [0.29, 0.717) is 17.9 Å². The van der Waals surface area contributed by atoms with Gasteiger partial charge in [-0.3, -0.25) is 4.79 Å². The Kier molecular flexibility index (Phi) is 6.30. The number of carbonyl (C=O) groups excluding carboxylic acids is 2. The number of carbonyl (C=O) groups is 2. The summed E-state index contributed by atoms with van der Waals surface area (Å²) in [6.07, 6.45) is 0.355. The lowest BCUT2D eigenvalue weighted by Crippen LogP contribution is -2.43. The van der Waals surface area contributed by atoms with Gasteiger partial charge >= 0.3 is 5.97 Å². The fraction of sp³-hybridized carbons (Fsp3) is 0.300. The summed E-state index contributed by atoms with van der Waals surface area (Å²) in [6.45, 7) is -0.803. The van der Waals surface area contributed by atoms with Gasteiger partial charge in [0.1, 0.15) is 5.75 Å². The van der Waals surface area contributed by atoms with Gasteiger partial charge in [-0.15, -0.1) is 0 Å². The predicted molar refractivity (Wildman–Crippen MR) is 104 cm³/mol. The van der Waals surface area contributed by atoms with E-state index in [1.807, 2.05) is 6.07 Å². The molecule has 0 N–H and O–H groups in total. The number of hydrogen-bond acceptors (Lipinski definition) is 6. The molecule has 1 aliphatic rings. The molecule has 0 unspecified atom stereocenters. The number of rotatable bonds is 7. The first-order valence-electron chi connectivity index (χ1n) is 8.85. The van der Waals surface area contributed by atoms with Crippen molar-refractivity contribution in [3.63, 3.8) is 0 Å². The molecule has 1 aliphatic heterocycles. The second-order valence-electron chi connectivity index (χ2n) is 6.42. The first-order chi connectivity index (χ1) is 13.4. The van der Waals surface area contributed by atoms with Crippen molar-refractivity contribution in [3.05, 3.63) is 60.7 Å². The highest BCUT2D eigenvalue weighted by molar-refractivity contribution is 7.91. The van der Waals surface area contributed by atoms with Gasteiger partial charge in [-0.25, -0.2) is 13.2 Å². The molecule has 28 heavy (non-hydrogen) atoms. The van der Waals surface area contributed by atoms with Crippen molar-refractivity contribution >= 4 is 27.4 Å². The lowest BCUT2D eigenvalue weighted by atomic mass is 10.2. The van der Waals surface area contributed by atoms with Gasteiger partial charge in [-0.05, 0) is 30.7 Å². The second kappa shape index (κ2) is 8.88. The average molecular weight is 403 g/mol. The minimum Gasteiger partial charge on any atom is -0.482 e. The number of amides is 1. The first kappa shape index (κ1) is 19.9. The fourth-order valence-corrected chi connectivity index (χ4v) is 4.74. The van der Waals surface area contributed by atoms with Gasteiger partial charge in [0.25, 0.3) is 5.91 Å². The Bertz CT molecular complexity index is 914. The van der Waals surface area contributed by atoms with Crippen LogP contribution in [0.3, 0.4) is 0 Å². The van der Waals surface area contributed by atoms with Crippen LogP contribution in [0.1, 0.15) is 6.42 Å². The van der Waals surface area contributed by atoms with E-state index in [2.05, 4.69) is 0 Å². The Hall–Kier alpha value is -2.87. The standard InChI is InChI=1S/C20H21NO6S/c22-19(13-27-20(23)14-26-18-9-5-2-6-10-18)21(16-7-3-1-4-8-16)17-11-12-28(24,25)15-17/h1-10,17H,11-15H2/t17-/m0/s1. The van der Waals surface area contributed by atoms with Crippen LogP contribution in [-0.4, -0.2) is 51.1 Å². The normalized spacial score (nSPS) is 17.6. The van der Waals surface area contributed by atoms with Crippen molar-refractivity contribution in [2.75, 3.05) is 29.6 Å². The summed E-state index contributed by atoms with van der Waals surface area (Å²) >= 11 is 0. The number of nitrogens with zero attached hydrogens (tertiary/aromatic N) is 1. The number of ether oxygens (including phenoxy) is 2. The molecular formula is C20H21NO6S. The molecule has 148 valence electrons. The van der Waals surface area contributed by atoms with Gasteiger partial charge < -0.3 is 14.4 Å². The monoisotopic (exact) mass is 403 g/mol. The van der Waals surface area contributed by atoms with Crippen LogP contribution in [0, 0.1) is 0 Å². The van der Waals surface area contributed by atoms with Gasteiger partial charge in [0.15, 0.2) is 23.1 Å². The summed E-state index contributed by atoms with van der Waals surface area (Å²) in [4.78, 5) is 26.0. The van der Waals surface area contributed by atoms with Gasteiger partial charge in [0.2, 0.25) is 0 Å². The predicted octanol–water partition coefficient (Wildman–Crippen LogP) is 1.83. The molecule has 1 saturated heterocycles. The minimum absolute atomic E-state index is 0.0407. The summed E-state index contributed by atoms with van der Waals surface area (Å²) < 4.78 is 34.0. The van der Waals surface area contributed by atoms with Crippen LogP contribution in [0.5, 0.6) is 5.75 Å². The van der Waals surface area contributed by atoms with Crippen LogP contribution >= 0.6 is 0 Å². The Labute approximate surface area is 163 Å². The van der Waals surface area contributed by atoms with E-state index in [-0.39, 0.29) is 18.1 Å². The number of benzene rings is 2. The third kappa shape index (κ3) is 5.32. The quantitative estimate of drug-likeness (QED) is 0.655. The number of sulfone groups is 1. The Morgan fingerprint density at radius 1 is 0.964 bits per heavy atom. The third-order valence-corrected chi connectivity index (χ3v) is 6.08. The lowest BCUT2D eigenvalue weighted by Gasteiger charge is -2.28. The molecule has 0 aliphatic carbocycles. The van der Waals surface area contributed by atoms with Crippen LogP contribution < -0.4 is 9.64 Å². The second-order valence-corrected chi connectivity index (χ2v) is 8.65. The summed E-state index contributed by atoms with van der Waals surface area (Å²) in [5, 5.41) is 0. The van der Waals surface area contributed by atoms with Crippen molar-refractivity contribution in [2.45, 2.75) is 12.5 Å². The molecule has 2 aromatic rings. The molecule has 0 aromatic heterocycles. The van der Waals surface area contributed by atoms with Crippen molar-refractivity contribution in [1.82, 2.24) is 0 Å². The zero-order chi connectivity index (χ0) is 20.0. The van der Waals surface area contributed by atoms with E-state index in [9.17, 15) is 18.0 Å². The van der Waals surface area contributed by atoms with Gasteiger partial charge in [0, 0.05) is 5.69 Å². The zero-order valence-electron chi connectivity index (χ0n) is 15.2. The highest BCUT2D eigenvalue weighted by atomic mass is 32.2. The van der Waals surface area contributed by atoms with Gasteiger partial charge in [-0.2, -0.15) is 0 Å². The van der Waals surface area contributed by atoms with E-state index < -0.39 is 34.4 Å². The maximum Gasteiger partial charge on any atom is 0.344 e. The summed E-state index contributed by atoms with van der Waals surface area (Å²) in [6, 6.07) is 17.1. The maximum absolute atomic E-state index is 12.7. The minimum atomic E-state index is -3.17. The van der Waals surface area contributed by atoms with E-state index in [0.717, 1.165) is 0 Å². The summed E-state index contributed by atoms with van der Waals surface area (Å²) in [7, 11) is -3.17. The van der Waals surface area contributed by atoms with E-state index in [4.69, 9.17) is 9.47 Å². The van der Waals surface area contributed by atoms with E-state index in [1.54, 1.807) is 54.6 Å². The van der Waals surface area contributed by atoms with Crippen molar-refractivity contribution in [2.24, 2.45) is 0 Å². The number of anilines is 1. The number of esters is 1. The number of hydrogen-bond donors (Lipinski definition) is 0. The molecule has 3 rings (SSSR count). The molecule has 1 amide bonds. The molecule has 7 nitrogen and oxygen atoms in total. The van der Waals surface area contributed by atoms with E-state index in [1.165, 1.54) is 4.90 Å². The van der Waals surface area contributed by atoms with Crippen LogP contribution in [0.15, 0.2) is 60.7 Å². The topological polar surface area (TPSA) is 90.0 Å².